The smallest absolute Gasteiger partial charge is 0.227 e. The van der Waals surface area contributed by atoms with Gasteiger partial charge in [0.1, 0.15) is 12.5 Å². The van der Waals surface area contributed by atoms with Crippen molar-refractivity contribution in [2.45, 2.75) is 69.9 Å². The summed E-state index contributed by atoms with van der Waals surface area (Å²) in [5.41, 5.74) is 6.91. The van der Waals surface area contributed by atoms with Gasteiger partial charge in [-0.05, 0) is 74.9 Å². The molecular formula is C34H44ClN5O3. The van der Waals surface area contributed by atoms with E-state index in [9.17, 15) is 9.59 Å². The molecule has 0 radical (unpaired) electrons. The average Bonchev–Trinajstić information content (AvgIpc) is 3.42. The number of amidine groups is 1. The highest BCUT2D eigenvalue weighted by atomic mass is 35.5. The molecule has 0 bridgehead atoms. The number of hydrogen-bond acceptors (Lipinski definition) is 7. The Morgan fingerprint density at radius 3 is 2.77 bits per heavy atom. The van der Waals surface area contributed by atoms with Crippen LogP contribution < -0.4 is 10.7 Å². The quantitative estimate of drug-likeness (QED) is 0.384. The molecule has 9 heteroatoms. The van der Waals surface area contributed by atoms with E-state index in [0.29, 0.717) is 43.0 Å². The minimum Gasteiger partial charge on any atom is -0.380 e. The summed E-state index contributed by atoms with van der Waals surface area (Å²) in [6, 6.07) is 16.4. The van der Waals surface area contributed by atoms with Crippen LogP contribution in [-0.4, -0.2) is 79.5 Å². The Morgan fingerprint density at radius 2 is 2.05 bits per heavy atom. The Kier molecular flexibility index (Phi) is 10.3. The molecule has 2 atom stereocenters. The van der Waals surface area contributed by atoms with Crippen molar-refractivity contribution in [1.29, 1.82) is 0 Å². The molecule has 2 heterocycles. The first-order chi connectivity index (χ1) is 20.7. The molecule has 8 nitrogen and oxygen atoms in total. The number of hydrazine groups is 1. The maximum atomic E-state index is 13.7. The second-order valence-corrected chi connectivity index (χ2v) is 12.9. The number of carbonyl (C=O) groups is 2. The standard InChI is InChI=1S/C34H44ClN5O3/c1-24(2)37-33(42)19-32-36-23-40(38-32)22-34(15-13-30(31(41)20-34)26-6-4-7-28(35)18-26)27-11-9-25(10-12-27)14-17-39-16-5-8-29(21-39)43-3/h4,6-7,9-13,18,24,29H,5,8,14-17,19-23H2,1-3H3,(H,36,38)(H,37,42). The van der Waals surface area contributed by atoms with E-state index in [1.165, 1.54) is 12.0 Å². The maximum Gasteiger partial charge on any atom is 0.227 e. The molecule has 43 heavy (non-hydrogen) atoms. The number of methoxy groups -OCH3 is 1. The van der Waals surface area contributed by atoms with Crippen LogP contribution in [0.2, 0.25) is 5.02 Å². The number of amides is 1. The third kappa shape index (κ3) is 8.12. The monoisotopic (exact) mass is 605 g/mol. The second kappa shape index (κ2) is 14.2. The predicted octanol–water partition coefficient (Wildman–Crippen LogP) is 4.77. The molecule has 3 aliphatic rings. The van der Waals surface area contributed by atoms with Gasteiger partial charge < -0.3 is 20.4 Å². The highest BCUT2D eigenvalue weighted by molar-refractivity contribution is 6.31. The number of rotatable bonds is 11. The molecule has 5 rings (SSSR count). The number of likely N-dealkylation sites (tertiary alicyclic amines) is 1. The van der Waals surface area contributed by atoms with Gasteiger partial charge in [0.15, 0.2) is 5.78 Å². The van der Waals surface area contributed by atoms with E-state index < -0.39 is 5.41 Å². The fourth-order valence-electron chi connectivity index (χ4n) is 6.47. The number of carbonyl (C=O) groups excluding carboxylic acids is 2. The van der Waals surface area contributed by atoms with Gasteiger partial charge in [0.2, 0.25) is 5.91 Å². The number of allylic oxidation sites excluding steroid dienone is 2. The van der Waals surface area contributed by atoms with Crippen molar-refractivity contribution in [1.82, 2.24) is 20.7 Å². The van der Waals surface area contributed by atoms with Gasteiger partial charge in [-0.15, -0.1) is 0 Å². The summed E-state index contributed by atoms with van der Waals surface area (Å²) in [6.45, 7) is 8.03. The van der Waals surface area contributed by atoms with Gasteiger partial charge in [-0.3, -0.25) is 14.6 Å². The lowest BCUT2D eigenvalue weighted by atomic mass is 9.68. The van der Waals surface area contributed by atoms with Crippen LogP contribution in [0.1, 0.15) is 62.6 Å². The summed E-state index contributed by atoms with van der Waals surface area (Å²) < 4.78 is 5.60. The fraction of sp³-hybridized carbons (Fsp3) is 0.500. The van der Waals surface area contributed by atoms with Crippen molar-refractivity contribution < 1.29 is 14.3 Å². The maximum absolute atomic E-state index is 13.7. The number of piperidine rings is 1. The number of ketones is 1. The molecule has 2 N–H and O–H groups in total. The molecule has 2 aromatic carbocycles. The Labute approximate surface area is 260 Å². The molecule has 2 aliphatic heterocycles. The number of aliphatic imine (C=N–C) groups is 1. The number of ether oxygens (including phenoxy) is 1. The zero-order chi connectivity index (χ0) is 30.4. The van der Waals surface area contributed by atoms with Crippen LogP contribution in [0.15, 0.2) is 59.6 Å². The molecule has 1 amide bonds. The van der Waals surface area contributed by atoms with E-state index in [-0.39, 0.29) is 24.2 Å². The van der Waals surface area contributed by atoms with E-state index in [2.05, 4.69) is 51.0 Å². The topological polar surface area (TPSA) is 86.3 Å². The Morgan fingerprint density at radius 1 is 1.23 bits per heavy atom. The summed E-state index contributed by atoms with van der Waals surface area (Å²) in [7, 11) is 1.81. The van der Waals surface area contributed by atoms with Gasteiger partial charge in [0.05, 0.1) is 12.5 Å². The minimum absolute atomic E-state index is 0.0577. The molecule has 1 fully saturated rings. The normalized spacial score (nSPS) is 23.2. The van der Waals surface area contributed by atoms with E-state index in [1.807, 2.05) is 43.1 Å². The van der Waals surface area contributed by atoms with Crippen LogP contribution in [-0.2, 0) is 26.2 Å². The molecular weight excluding hydrogens is 562 g/mol. The first kappa shape index (κ1) is 31.4. The number of nitrogens with zero attached hydrogens (tertiary/aromatic N) is 3. The SMILES string of the molecule is COC1CCCN(CCc2ccc(C3(CN4CN=C(CC(=O)NC(C)C)N4)CC=C(c4cccc(Cl)c4)C(=O)C3)cc2)C1. The zero-order valence-electron chi connectivity index (χ0n) is 25.6. The highest BCUT2D eigenvalue weighted by Crippen LogP contribution is 2.41. The third-order valence-electron chi connectivity index (χ3n) is 8.70. The van der Waals surface area contributed by atoms with Crippen LogP contribution in [0.5, 0.6) is 0 Å². The summed E-state index contributed by atoms with van der Waals surface area (Å²) in [5.74, 6) is 0.694. The first-order valence-corrected chi connectivity index (χ1v) is 15.8. The molecule has 0 aromatic heterocycles. The number of nitrogens with one attached hydrogen (secondary N) is 2. The van der Waals surface area contributed by atoms with Crippen molar-refractivity contribution in [2.75, 3.05) is 40.0 Å². The van der Waals surface area contributed by atoms with Crippen LogP contribution in [0.25, 0.3) is 5.57 Å². The Hall–Kier alpha value is -3.04. The van der Waals surface area contributed by atoms with E-state index in [1.54, 1.807) is 7.11 Å². The van der Waals surface area contributed by atoms with Crippen LogP contribution in [0.4, 0.5) is 0 Å². The van der Waals surface area contributed by atoms with E-state index >= 15 is 0 Å². The van der Waals surface area contributed by atoms with Crippen LogP contribution in [0.3, 0.4) is 0 Å². The Bertz CT molecular complexity index is 1360. The van der Waals surface area contributed by atoms with E-state index in [0.717, 1.165) is 49.2 Å². The zero-order valence-corrected chi connectivity index (χ0v) is 26.3. The summed E-state index contributed by atoms with van der Waals surface area (Å²) in [5, 5.41) is 5.57. The van der Waals surface area contributed by atoms with Crippen molar-refractivity contribution in [2.24, 2.45) is 4.99 Å². The lowest BCUT2D eigenvalue weighted by Crippen LogP contribution is -2.48. The highest BCUT2D eigenvalue weighted by Gasteiger charge is 2.40. The average molecular weight is 606 g/mol. The van der Waals surface area contributed by atoms with Crippen LogP contribution >= 0.6 is 11.6 Å². The number of benzene rings is 2. The molecule has 0 spiro atoms. The number of hydrogen-bond donors (Lipinski definition) is 2. The predicted molar refractivity (Wildman–Crippen MR) is 172 cm³/mol. The van der Waals surface area contributed by atoms with Gasteiger partial charge >= 0.3 is 0 Å². The van der Waals surface area contributed by atoms with Gasteiger partial charge in [0, 0.05) is 55.2 Å². The molecule has 0 saturated carbocycles. The van der Waals surface area contributed by atoms with Gasteiger partial charge in [-0.2, -0.15) is 0 Å². The van der Waals surface area contributed by atoms with Gasteiger partial charge in [-0.25, -0.2) is 5.01 Å². The van der Waals surface area contributed by atoms with Crippen molar-refractivity contribution in [3.8, 4) is 0 Å². The minimum atomic E-state index is -0.436. The first-order valence-electron chi connectivity index (χ1n) is 15.4. The molecule has 2 aromatic rings. The van der Waals surface area contributed by atoms with E-state index in [4.69, 9.17) is 16.3 Å². The summed E-state index contributed by atoms with van der Waals surface area (Å²) in [4.78, 5) is 33.1. The van der Waals surface area contributed by atoms with Crippen molar-refractivity contribution in [3.05, 3.63) is 76.3 Å². The number of Topliss-reactive ketones (excluding diaryl/α,β-unsaturated/α-hetero) is 1. The summed E-state index contributed by atoms with van der Waals surface area (Å²) in [6.07, 6.45) is 6.98. The van der Waals surface area contributed by atoms with Crippen LogP contribution in [0, 0.1) is 0 Å². The molecule has 1 aliphatic carbocycles. The van der Waals surface area contributed by atoms with Crippen molar-refractivity contribution >= 4 is 34.7 Å². The largest absolute Gasteiger partial charge is 0.380 e. The molecule has 230 valence electrons. The lowest BCUT2D eigenvalue weighted by Gasteiger charge is -2.39. The Balaban J connectivity index is 1.32. The molecule has 2 unspecified atom stereocenters. The van der Waals surface area contributed by atoms with Gasteiger partial charge in [0.25, 0.3) is 0 Å². The number of halogens is 1. The molecule has 1 saturated heterocycles. The summed E-state index contributed by atoms with van der Waals surface area (Å²) >= 11 is 6.26. The van der Waals surface area contributed by atoms with Crippen molar-refractivity contribution in [3.63, 3.8) is 0 Å². The third-order valence-corrected chi connectivity index (χ3v) is 8.94. The fourth-order valence-corrected chi connectivity index (χ4v) is 6.66. The second-order valence-electron chi connectivity index (χ2n) is 12.4. The lowest BCUT2D eigenvalue weighted by molar-refractivity contribution is -0.120. The van der Waals surface area contributed by atoms with Gasteiger partial charge in [-0.1, -0.05) is 54.1 Å².